The van der Waals surface area contributed by atoms with Gasteiger partial charge in [-0.25, -0.2) is 8.42 Å². The molecule has 100 valence electrons. The Labute approximate surface area is 104 Å². The molecule has 0 aromatic heterocycles. The van der Waals surface area contributed by atoms with E-state index in [0.717, 1.165) is 32.4 Å². The van der Waals surface area contributed by atoms with E-state index in [1.165, 1.54) is 0 Å². The van der Waals surface area contributed by atoms with Crippen LogP contribution < -0.4 is 5.73 Å². The lowest BCUT2D eigenvalue weighted by Crippen LogP contribution is -2.53. The zero-order valence-electron chi connectivity index (χ0n) is 10.5. The van der Waals surface area contributed by atoms with Crippen molar-refractivity contribution in [3.63, 3.8) is 0 Å². The largest absolute Gasteiger partial charge is 0.329 e. The molecule has 17 heavy (non-hydrogen) atoms. The lowest BCUT2D eigenvalue weighted by molar-refractivity contribution is 0.137. The van der Waals surface area contributed by atoms with Gasteiger partial charge in [-0.1, -0.05) is 6.92 Å². The maximum atomic E-state index is 12.0. The summed E-state index contributed by atoms with van der Waals surface area (Å²) in [7, 11) is -2.98. The molecule has 1 unspecified atom stereocenters. The smallest absolute Gasteiger partial charge is 0.217 e. The van der Waals surface area contributed by atoms with E-state index in [2.05, 4.69) is 11.8 Å². The van der Waals surface area contributed by atoms with Gasteiger partial charge in [-0.3, -0.25) is 4.90 Å². The molecule has 1 atom stereocenters. The fourth-order valence-electron chi connectivity index (χ4n) is 2.47. The molecular formula is C11H23N3O2S. The Morgan fingerprint density at radius 3 is 2.24 bits per heavy atom. The number of nitrogens with two attached hydrogens (primary N) is 1. The number of nitrogens with zero attached hydrogens (tertiary/aromatic N) is 2. The van der Waals surface area contributed by atoms with Crippen LogP contribution in [0.15, 0.2) is 0 Å². The summed E-state index contributed by atoms with van der Waals surface area (Å²) in [6, 6.07) is 0.403. The molecule has 2 aliphatic rings. The van der Waals surface area contributed by atoms with E-state index in [9.17, 15) is 8.42 Å². The van der Waals surface area contributed by atoms with Crippen molar-refractivity contribution >= 4 is 10.0 Å². The third-order valence-electron chi connectivity index (χ3n) is 3.84. The second-order valence-electron chi connectivity index (χ2n) is 4.98. The van der Waals surface area contributed by atoms with Crippen LogP contribution in [-0.2, 0) is 10.0 Å². The van der Waals surface area contributed by atoms with Crippen LogP contribution in [0, 0.1) is 0 Å². The van der Waals surface area contributed by atoms with Crippen molar-refractivity contribution in [2.75, 3.05) is 32.7 Å². The van der Waals surface area contributed by atoms with Crippen LogP contribution in [0.2, 0.25) is 0 Å². The normalized spacial score (nSPS) is 26.0. The van der Waals surface area contributed by atoms with Gasteiger partial charge in [0.15, 0.2) is 0 Å². The summed E-state index contributed by atoms with van der Waals surface area (Å²) >= 11 is 0. The molecule has 5 nitrogen and oxygen atoms in total. The van der Waals surface area contributed by atoms with Gasteiger partial charge < -0.3 is 5.73 Å². The van der Waals surface area contributed by atoms with Crippen LogP contribution >= 0.6 is 0 Å². The molecule has 1 heterocycles. The Morgan fingerprint density at radius 1 is 1.24 bits per heavy atom. The predicted molar refractivity (Wildman–Crippen MR) is 68.2 cm³/mol. The molecule has 1 saturated carbocycles. The predicted octanol–water partition coefficient (Wildman–Crippen LogP) is -0.166. The van der Waals surface area contributed by atoms with Crippen LogP contribution in [0.5, 0.6) is 0 Å². The molecule has 2 N–H and O–H groups in total. The number of hydrogen-bond acceptors (Lipinski definition) is 4. The summed E-state index contributed by atoms with van der Waals surface area (Å²) in [5.41, 5.74) is 5.72. The Kier molecular flexibility index (Phi) is 4.07. The standard InChI is InChI=1S/C11H23N3O2S/c1-2-10(9-12)13-5-7-14(8-6-13)17(15,16)11-3-4-11/h10-11H,2-9,12H2,1H3. The van der Waals surface area contributed by atoms with Crippen molar-refractivity contribution in [1.29, 1.82) is 0 Å². The van der Waals surface area contributed by atoms with Gasteiger partial charge in [0.05, 0.1) is 5.25 Å². The first-order valence-corrected chi connectivity index (χ1v) is 8.03. The van der Waals surface area contributed by atoms with Gasteiger partial charge in [-0.15, -0.1) is 0 Å². The minimum Gasteiger partial charge on any atom is -0.329 e. The first-order chi connectivity index (χ1) is 8.09. The molecule has 0 aromatic rings. The highest BCUT2D eigenvalue weighted by molar-refractivity contribution is 7.90. The Bertz CT molecular complexity index is 342. The third kappa shape index (κ3) is 2.81. The van der Waals surface area contributed by atoms with E-state index in [1.807, 2.05) is 0 Å². The van der Waals surface area contributed by atoms with Gasteiger partial charge in [0, 0.05) is 38.8 Å². The summed E-state index contributed by atoms with van der Waals surface area (Å²) in [6.45, 7) is 5.70. The van der Waals surface area contributed by atoms with Crippen molar-refractivity contribution in [2.24, 2.45) is 5.73 Å². The molecule has 0 spiro atoms. The second-order valence-corrected chi connectivity index (χ2v) is 7.19. The molecule has 1 saturated heterocycles. The Balaban J connectivity index is 1.89. The van der Waals surface area contributed by atoms with E-state index >= 15 is 0 Å². The highest BCUT2D eigenvalue weighted by Gasteiger charge is 2.41. The first-order valence-electron chi connectivity index (χ1n) is 6.52. The van der Waals surface area contributed by atoms with Gasteiger partial charge in [-0.2, -0.15) is 4.31 Å². The van der Waals surface area contributed by atoms with E-state index in [-0.39, 0.29) is 5.25 Å². The molecule has 6 heteroatoms. The average Bonchev–Trinajstić information content (AvgIpc) is 3.15. The van der Waals surface area contributed by atoms with Crippen molar-refractivity contribution in [1.82, 2.24) is 9.21 Å². The lowest BCUT2D eigenvalue weighted by atomic mass is 10.1. The highest BCUT2D eigenvalue weighted by atomic mass is 32.2. The average molecular weight is 261 g/mol. The Hall–Kier alpha value is -0.170. The van der Waals surface area contributed by atoms with Gasteiger partial charge in [0.25, 0.3) is 0 Å². The quantitative estimate of drug-likeness (QED) is 0.746. The van der Waals surface area contributed by atoms with Crippen molar-refractivity contribution in [2.45, 2.75) is 37.5 Å². The van der Waals surface area contributed by atoms with Crippen LogP contribution in [0.1, 0.15) is 26.2 Å². The van der Waals surface area contributed by atoms with Gasteiger partial charge in [0.1, 0.15) is 0 Å². The topological polar surface area (TPSA) is 66.6 Å². The molecular weight excluding hydrogens is 238 g/mol. The van der Waals surface area contributed by atoms with E-state index < -0.39 is 10.0 Å². The molecule has 2 fully saturated rings. The molecule has 1 aliphatic heterocycles. The fraction of sp³-hybridized carbons (Fsp3) is 1.00. The zero-order valence-corrected chi connectivity index (χ0v) is 11.3. The monoisotopic (exact) mass is 261 g/mol. The summed E-state index contributed by atoms with van der Waals surface area (Å²) in [5, 5.41) is -0.0782. The second kappa shape index (κ2) is 5.22. The zero-order chi connectivity index (χ0) is 12.5. The molecule has 0 bridgehead atoms. The third-order valence-corrected chi connectivity index (χ3v) is 6.24. The van der Waals surface area contributed by atoms with E-state index in [4.69, 9.17) is 5.73 Å². The maximum Gasteiger partial charge on any atom is 0.217 e. The van der Waals surface area contributed by atoms with Crippen molar-refractivity contribution < 1.29 is 8.42 Å². The van der Waals surface area contributed by atoms with E-state index in [1.54, 1.807) is 4.31 Å². The summed E-state index contributed by atoms with van der Waals surface area (Å²) in [5.74, 6) is 0. The molecule has 1 aliphatic carbocycles. The molecule has 0 amide bonds. The van der Waals surface area contributed by atoms with Gasteiger partial charge >= 0.3 is 0 Å². The fourth-order valence-corrected chi connectivity index (χ4v) is 4.30. The summed E-state index contributed by atoms with van der Waals surface area (Å²) < 4.78 is 25.8. The summed E-state index contributed by atoms with van der Waals surface area (Å²) in [4.78, 5) is 2.32. The maximum absolute atomic E-state index is 12.0. The van der Waals surface area contributed by atoms with Crippen LogP contribution in [0.3, 0.4) is 0 Å². The summed E-state index contributed by atoms with van der Waals surface area (Å²) in [6.07, 6.45) is 2.73. The molecule has 0 radical (unpaired) electrons. The lowest BCUT2D eigenvalue weighted by Gasteiger charge is -2.38. The Morgan fingerprint density at radius 2 is 1.82 bits per heavy atom. The van der Waals surface area contributed by atoms with Gasteiger partial charge in [-0.05, 0) is 19.3 Å². The minimum absolute atomic E-state index is 0.0782. The minimum atomic E-state index is -2.98. The number of rotatable bonds is 5. The van der Waals surface area contributed by atoms with Crippen molar-refractivity contribution in [3.05, 3.63) is 0 Å². The number of sulfonamides is 1. The van der Waals surface area contributed by atoms with Crippen LogP contribution in [-0.4, -0.2) is 61.6 Å². The van der Waals surface area contributed by atoms with Crippen LogP contribution in [0.25, 0.3) is 0 Å². The van der Waals surface area contributed by atoms with Crippen LogP contribution in [0.4, 0.5) is 0 Å². The van der Waals surface area contributed by atoms with Crippen molar-refractivity contribution in [3.8, 4) is 0 Å². The highest BCUT2D eigenvalue weighted by Crippen LogP contribution is 2.31. The van der Waals surface area contributed by atoms with E-state index in [0.29, 0.717) is 25.7 Å². The number of piperazine rings is 1. The SMILES string of the molecule is CCC(CN)N1CCN(S(=O)(=O)C2CC2)CC1. The number of hydrogen-bond donors (Lipinski definition) is 1. The first kappa shape index (κ1) is 13.3. The molecule has 2 rings (SSSR count). The van der Waals surface area contributed by atoms with Gasteiger partial charge in [0.2, 0.25) is 10.0 Å². The molecule has 0 aromatic carbocycles.